The third kappa shape index (κ3) is 3.74. The second-order valence-electron chi connectivity index (χ2n) is 8.39. The summed E-state index contributed by atoms with van der Waals surface area (Å²) in [6.07, 6.45) is 6.66. The molecule has 4 nitrogen and oxygen atoms in total. The Bertz CT molecular complexity index is 1090. The standard InChI is InChI=1S/C24H25BrClN3O/c25-16-9-10-21-20(14-16)19-11-12-29(24(30)27-18-7-2-1-3-8-18)23(22(19)28-21)15-5-4-6-17(26)13-15/h4-6,9-10,13-14,18,23,28H,1-3,7-8,11-12H2,(H,27,30). The molecule has 2 aromatic carbocycles. The quantitative estimate of drug-likeness (QED) is 0.422. The van der Waals surface area contributed by atoms with Gasteiger partial charge in [-0.3, -0.25) is 0 Å². The molecule has 0 bridgehead atoms. The molecule has 1 unspecified atom stereocenters. The van der Waals surface area contributed by atoms with Gasteiger partial charge in [0.05, 0.1) is 6.04 Å². The number of hydrogen-bond donors (Lipinski definition) is 2. The van der Waals surface area contributed by atoms with Crippen LogP contribution in [-0.4, -0.2) is 28.5 Å². The van der Waals surface area contributed by atoms with Crippen molar-refractivity contribution in [2.24, 2.45) is 0 Å². The highest BCUT2D eigenvalue weighted by molar-refractivity contribution is 9.10. The molecule has 2 aliphatic rings. The van der Waals surface area contributed by atoms with E-state index in [9.17, 15) is 4.79 Å². The van der Waals surface area contributed by atoms with Gasteiger partial charge in [-0.15, -0.1) is 0 Å². The largest absolute Gasteiger partial charge is 0.356 e. The van der Waals surface area contributed by atoms with Crippen LogP contribution in [0.5, 0.6) is 0 Å². The van der Waals surface area contributed by atoms with Crippen LogP contribution in [0.4, 0.5) is 4.79 Å². The fourth-order valence-electron chi connectivity index (χ4n) is 5.01. The molecule has 1 aliphatic carbocycles. The summed E-state index contributed by atoms with van der Waals surface area (Å²) in [6, 6.07) is 14.3. The Kier molecular flexibility index (Phi) is 5.50. The van der Waals surface area contributed by atoms with Crippen molar-refractivity contribution in [3.63, 3.8) is 0 Å². The monoisotopic (exact) mass is 485 g/mol. The number of benzene rings is 2. The SMILES string of the molecule is O=C(NC1CCCCC1)N1CCc2c([nH]c3ccc(Br)cc23)C1c1cccc(Cl)c1. The number of nitrogens with zero attached hydrogens (tertiary/aromatic N) is 1. The fraction of sp³-hybridized carbons (Fsp3) is 0.375. The van der Waals surface area contributed by atoms with Gasteiger partial charge in [-0.25, -0.2) is 4.79 Å². The first kappa shape index (κ1) is 20.0. The van der Waals surface area contributed by atoms with Gasteiger partial charge >= 0.3 is 6.03 Å². The van der Waals surface area contributed by atoms with E-state index in [0.717, 1.165) is 40.5 Å². The first-order chi connectivity index (χ1) is 14.6. The van der Waals surface area contributed by atoms with Crippen molar-refractivity contribution < 1.29 is 4.79 Å². The maximum absolute atomic E-state index is 13.4. The van der Waals surface area contributed by atoms with Gasteiger partial charge in [0, 0.05) is 38.7 Å². The maximum Gasteiger partial charge on any atom is 0.318 e. The van der Waals surface area contributed by atoms with E-state index >= 15 is 0 Å². The fourth-order valence-corrected chi connectivity index (χ4v) is 5.57. The first-order valence-corrected chi connectivity index (χ1v) is 11.9. The number of carbonyl (C=O) groups is 1. The summed E-state index contributed by atoms with van der Waals surface area (Å²) in [5.74, 6) is 0. The molecule has 156 valence electrons. The number of hydrogen-bond acceptors (Lipinski definition) is 1. The average molecular weight is 487 g/mol. The minimum absolute atomic E-state index is 0.0253. The Balaban J connectivity index is 1.56. The molecule has 30 heavy (non-hydrogen) atoms. The number of rotatable bonds is 2. The second-order valence-corrected chi connectivity index (χ2v) is 9.74. The van der Waals surface area contributed by atoms with Gasteiger partial charge in [-0.1, -0.05) is 58.9 Å². The van der Waals surface area contributed by atoms with Crippen LogP contribution in [0, 0.1) is 0 Å². The highest BCUT2D eigenvalue weighted by Gasteiger charge is 2.35. The number of amides is 2. The van der Waals surface area contributed by atoms with Crippen molar-refractivity contribution in [2.45, 2.75) is 50.6 Å². The van der Waals surface area contributed by atoms with Gasteiger partial charge in [0.25, 0.3) is 0 Å². The Hall–Kier alpha value is -1.98. The summed E-state index contributed by atoms with van der Waals surface area (Å²) >= 11 is 9.94. The van der Waals surface area contributed by atoms with Crippen LogP contribution in [0.15, 0.2) is 46.9 Å². The van der Waals surface area contributed by atoms with Crippen molar-refractivity contribution in [1.29, 1.82) is 0 Å². The Morgan fingerprint density at radius 2 is 1.97 bits per heavy atom. The molecule has 0 spiro atoms. The normalized spacial score (nSPS) is 19.7. The van der Waals surface area contributed by atoms with E-state index in [1.54, 1.807) is 0 Å². The van der Waals surface area contributed by atoms with E-state index in [4.69, 9.17) is 11.6 Å². The zero-order valence-electron chi connectivity index (χ0n) is 16.8. The Morgan fingerprint density at radius 1 is 1.13 bits per heavy atom. The molecule has 0 saturated heterocycles. The number of H-pyrrole nitrogens is 1. The number of nitrogens with one attached hydrogen (secondary N) is 2. The lowest BCUT2D eigenvalue weighted by atomic mass is 9.92. The molecular formula is C24H25BrClN3O. The van der Waals surface area contributed by atoms with Crippen molar-refractivity contribution in [3.8, 4) is 0 Å². The maximum atomic E-state index is 13.4. The lowest BCUT2D eigenvalue weighted by molar-refractivity contribution is 0.172. The molecule has 5 rings (SSSR count). The molecule has 3 aromatic rings. The van der Waals surface area contributed by atoms with Crippen molar-refractivity contribution in [2.75, 3.05) is 6.54 Å². The molecule has 1 fully saturated rings. The molecule has 1 aromatic heterocycles. The lowest BCUT2D eigenvalue weighted by Gasteiger charge is -2.37. The highest BCUT2D eigenvalue weighted by atomic mass is 79.9. The Morgan fingerprint density at radius 3 is 2.77 bits per heavy atom. The number of urea groups is 1. The minimum atomic E-state index is -0.179. The predicted octanol–water partition coefficient (Wildman–Crippen LogP) is 6.57. The smallest absolute Gasteiger partial charge is 0.318 e. The lowest BCUT2D eigenvalue weighted by Crippen LogP contribution is -2.49. The van der Waals surface area contributed by atoms with E-state index in [-0.39, 0.29) is 18.1 Å². The molecule has 6 heteroatoms. The number of aromatic nitrogens is 1. The molecule has 1 saturated carbocycles. The predicted molar refractivity (Wildman–Crippen MR) is 125 cm³/mol. The number of aromatic amines is 1. The van der Waals surface area contributed by atoms with Crippen LogP contribution < -0.4 is 5.32 Å². The summed E-state index contributed by atoms with van der Waals surface area (Å²) in [4.78, 5) is 19.0. The number of fused-ring (bicyclic) bond motifs is 3. The minimum Gasteiger partial charge on any atom is -0.356 e. The van der Waals surface area contributed by atoms with Crippen molar-refractivity contribution in [3.05, 3.63) is 68.8 Å². The van der Waals surface area contributed by atoms with Gasteiger partial charge in [0.15, 0.2) is 0 Å². The van der Waals surface area contributed by atoms with Crippen LogP contribution in [0.2, 0.25) is 5.02 Å². The zero-order chi connectivity index (χ0) is 20.7. The molecule has 2 heterocycles. The van der Waals surface area contributed by atoms with Crippen LogP contribution in [-0.2, 0) is 6.42 Å². The van der Waals surface area contributed by atoms with E-state index < -0.39 is 0 Å². The van der Waals surface area contributed by atoms with Crippen LogP contribution in [0.25, 0.3) is 10.9 Å². The van der Waals surface area contributed by atoms with E-state index in [2.05, 4.69) is 44.4 Å². The highest BCUT2D eigenvalue weighted by Crippen LogP contribution is 2.39. The third-order valence-corrected chi connectivity index (χ3v) is 7.18. The average Bonchev–Trinajstić information content (AvgIpc) is 3.11. The van der Waals surface area contributed by atoms with Crippen LogP contribution >= 0.6 is 27.5 Å². The van der Waals surface area contributed by atoms with Gasteiger partial charge in [0.2, 0.25) is 0 Å². The topological polar surface area (TPSA) is 48.1 Å². The van der Waals surface area contributed by atoms with Crippen molar-refractivity contribution in [1.82, 2.24) is 15.2 Å². The molecule has 1 aliphatic heterocycles. The number of carbonyl (C=O) groups excluding carboxylic acids is 1. The van der Waals surface area contributed by atoms with E-state index in [1.807, 2.05) is 29.2 Å². The van der Waals surface area contributed by atoms with Crippen molar-refractivity contribution >= 4 is 44.5 Å². The summed E-state index contributed by atoms with van der Waals surface area (Å²) in [5, 5.41) is 5.22. The van der Waals surface area contributed by atoms with E-state index in [0.29, 0.717) is 11.6 Å². The Labute approximate surface area is 190 Å². The van der Waals surface area contributed by atoms with Crippen LogP contribution in [0.1, 0.15) is 55.0 Å². The van der Waals surface area contributed by atoms with Gasteiger partial charge in [0.1, 0.15) is 0 Å². The second kappa shape index (κ2) is 8.27. The summed E-state index contributed by atoms with van der Waals surface area (Å²) in [6.45, 7) is 0.683. The number of halogens is 2. The van der Waals surface area contributed by atoms with Gasteiger partial charge in [-0.05, 0) is 60.7 Å². The summed E-state index contributed by atoms with van der Waals surface area (Å²) in [5.41, 5.74) is 4.52. The van der Waals surface area contributed by atoms with E-state index in [1.165, 1.54) is 30.2 Å². The first-order valence-electron chi connectivity index (χ1n) is 10.7. The van der Waals surface area contributed by atoms with Gasteiger partial charge in [-0.2, -0.15) is 0 Å². The summed E-state index contributed by atoms with van der Waals surface area (Å²) < 4.78 is 1.06. The molecular weight excluding hydrogens is 462 g/mol. The molecule has 2 N–H and O–H groups in total. The summed E-state index contributed by atoms with van der Waals surface area (Å²) in [7, 11) is 0. The molecule has 0 radical (unpaired) electrons. The third-order valence-electron chi connectivity index (χ3n) is 6.45. The molecule has 2 amide bonds. The zero-order valence-corrected chi connectivity index (χ0v) is 19.1. The van der Waals surface area contributed by atoms with Crippen LogP contribution in [0.3, 0.4) is 0 Å². The molecule has 1 atom stereocenters. The van der Waals surface area contributed by atoms with Gasteiger partial charge < -0.3 is 15.2 Å².